The lowest BCUT2D eigenvalue weighted by Gasteiger charge is -2.06. The Kier molecular flexibility index (Phi) is 4.23. The SMILES string of the molecule is Clc1ccc(-c2ncnc(-c3cccc(-c4ccccc4)c3)n2)cc1. The molecule has 3 aromatic carbocycles. The first-order valence-corrected chi connectivity index (χ1v) is 8.28. The number of aromatic nitrogens is 3. The number of benzene rings is 3. The normalized spacial score (nSPS) is 10.6. The fourth-order valence-electron chi connectivity index (χ4n) is 2.64. The van der Waals surface area contributed by atoms with Crippen LogP contribution in [0.15, 0.2) is 85.2 Å². The Morgan fingerprint density at radius 2 is 1.20 bits per heavy atom. The van der Waals surface area contributed by atoms with Gasteiger partial charge in [0.2, 0.25) is 0 Å². The molecule has 120 valence electrons. The first-order valence-electron chi connectivity index (χ1n) is 7.90. The van der Waals surface area contributed by atoms with Crippen LogP contribution < -0.4 is 0 Å². The van der Waals surface area contributed by atoms with E-state index in [1.54, 1.807) is 6.33 Å². The summed E-state index contributed by atoms with van der Waals surface area (Å²) in [5, 5.41) is 0.689. The standard InChI is InChI=1S/C21H14ClN3/c22-19-11-9-16(10-12-19)20-23-14-24-21(25-20)18-8-4-7-17(13-18)15-5-2-1-3-6-15/h1-14H. The van der Waals surface area contributed by atoms with Crippen molar-refractivity contribution in [2.45, 2.75) is 0 Å². The van der Waals surface area contributed by atoms with Crippen LogP contribution in [0.2, 0.25) is 5.02 Å². The van der Waals surface area contributed by atoms with Gasteiger partial charge in [0, 0.05) is 16.1 Å². The summed E-state index contributed by atoms with van der Waals surface area (Å²) in [5.41, 5.74) is 4.16. The highest BCUT2D eigenvalue weighted by atomic mass is 35.5. The van der Waals surface area contributed by atoms with Crippen molar-refractivity contribution in [3.63, 3.8) is 0 Å². The van der Waals surface area contributed by atoms with Crippen LogP contribution in [0.1, 0.15) is 0 Å². The molecule has 0 saturated carbocycles. The van der Waals surface area contributed by atoms with Crippen LogP contribution in [0.25, 0.3) is 33.9 Å². The van der Waals surface area contributed by atoms with Crippen molar-refractivity contribution in [2.75, 3.05) is 0 Å². The number of nitrogens with zero attached hydrogens (tertiary/aromatic N) is 3. The van der Waals surface area contributed by atoms with Crippen LogP contribution >= 0.6 is 11.6 Å². The van der Waals surface area contributed by atoms with E-state index in [2.05, 4.69) is 39.2 Å². The molecule has 0 radical (unpaired) electrons. The molecule has 1 heterocycles. The summed E-state index contributed by atoms with van der Waals surface area (Å²) in [6.07, 6.45) is 1.54. The molecule has 4 aromatic rings. The zero-order valence-corrected chi connectivity index (χ0v) is 14.1. The number of halogens is 1. The van der Waals surface area contributed by atoms with E-state index in [0.717, 1.165) is 22.3 Å². The third kappa shape index (κ3) is 3.42. The van der Waals surface area contributed by atoms with Crippen LogP contribution in [-0.4, -0.2) is 15.0 Å². The molecule has 0 aliphatic rings. The molecule has 0 spiro atoms. The Hall–Kier alpha value is -3.04. The van der Waals surface area contributed by atoms with E-state index in [-0.39, 0.29) is 0 Å². The summed E-state index contributed by atoms with van der Waals surface area (Å²) < 4.78 is 0. The van der Waals surface area contributed by atoms with E-state index in [1.165, 1.54) is 0 Å². The highest BCUT2D eigenvalue weighted by Gasteiger charge is 2.07. The minimum absolute atomic E-state index is 0.631. The van der Waals surface area contributed by atoms with Gasteiger partial charge in [-0.3, -0.25) is 0 Å². The number of rotatable bonds is 3. The highest BCUT2D eigenvalue weighted by molar-refractivity contribution is 6.30. The van der Waals surface area contributed by atoms with Gasteiger partial charge in [0.25, 0.3) is 0 Å². The second-order valence-electron chi connectivity index (χ2n) is 5.59. The molecular formula is C21H14ClN3. The minimum atomic E-state index is 0.631. The molecule has 0 fully saturated rings. The van der Waals surface area contributed by atoms with E-state index in [4.69, 9.17) is 11.6 Å². The van der Waals surface area contributed by atoms with Gasteiger partial charge in [-0.1, -0.05) is 60.1 Å². The van der Waals surface area contributed by atoms with Gasteiger partial charge in [-0.05, 0) is 41.5 Å². The van der Waals surface area contributed by atoms with Gasteiger partial charge in [-0.25, -0.2) is 15.0 Å². The number of hydrogen-bond donors (Lipinski definition) is 0. The van der Waals surface area contributed by atoms with Crippen LogP contribution in [0.3, 0.4) is 0 Å². The fraction of sp³-hybridized carbons (Fsp3) is 0. The van der Waals surface area contributed by atoms with Crippen molar-refractivity contribution in [1.29, 1.82) is 0 Å². The van der Waals surface area contributed by atoms with E-state index in [9.17, 15) is 0 Å². The molecule has 0 saturated heterocycles. The maximum Gasteiger partial charge on any atom is 0.163 e. The summed E-state index contributed by atoms with van der Waals surface area (Å²) in [4.78, 5) is 13.2. The zero-order valence-electron chi connectivity index (χ0n) is 13.3. The van der Waals surface area contributed by atoms with Gasteiger partial charge in [0.1, 0.15) is 6.33 Å². The first kappa shape index (κ1) is 15.5. The summed E-state index contributed by atoms with van der Waals surface area (Å²) >= 11 is 5.95. The summed E-state index contributed by atoms with van der Waals surface area (Å²) in [7, 11) is 0. The molecule has 0 atom stereocenters. The molecule has 1 aromatic heterocycles. The van der Waals surface area contributed by atoms with Crippen LogP contribution in [-0.2, 0) is 0 Å². The second kappa shape index (κ2) is 6.83. The monoisotopic (exact) mass is 343 g/mol. The van der Waals surface area contributed by atoms with Crippen LogP contribution in [0.5, 0.6) is 0 Å². The predicted molar refractivity (Wildman–Crippen MR) is 101 cm³/mol. The maximum atomic E-state index is 5.95. The summed E-state index contributed by atoms with van der Waals surface area (Å²) in [6.45, 7) is 0. The van der Waals surface area contributed by atoms with Gasteiger partial charge < -0.3 is 0 Å². The largest absolute Gasteiger partial charge is 0.217 e. The highest BCUT2D eigenvalue weighted by Crippen LogP contribution is 2.25. The van der Waals surface area contributed by atoms with Crippen molar-refractivity contribution in [3.05, 3.63) is 90.2 Å². The maximum absolute atomic E-state index is 5.95. The van der Waals surface area contributed by atoms with E-state index in [1.807, 2.05) is 54.6 Å². The smallest absolute Gasteiger partial charge is 0.163 e. The van der Waals surface area contributed by atoms with Crippen molar-refractivity contribution < 1.29 is 0 Å². The van der Waals surface area contributed by atoms with Crippen molar-refractivity contribution >= 4 is 11.6 Å². The Morgan fingerprint density at radius 3 is 1.96 bits per heavy atom. The molecule has 3 nitrogen and oxygen atoms in total. The van der Waals surface area contributed by atoms with Gasteiger partial charge >= 0.3 is 0 Å². The Labute approximate surface area is 151 Å². The minimum Gasteiger partial charge on any atom is -0.217 e. The van der Waals surface area contributed by atoms with Gasteiger partial charge in [-0.2, -0.15) is 0 Å². The Bertz CT molecular complexity index is 999. The lowest BCUT2D eigenvalue weighted by atomic mass is 10.0. The van der Waals surface area contributed by atoms with Crippen LogP contribution in [0, 0.1) is 0 Å². The average molecular weight is 344 g/mol. The lowest BCUT2D eigenvalue weighted by Crippen LogP contribution is -1.95. The molecule has 0 amide bonds. The quantitative estimate of drug-likeness (QED) is 0.491. The Morgan fingerprint density at radius 1 is 0.560 bits per heavy atom. The van der Waals surface area contributed by atoms with Crippen molar-refractivity contribution in [2.24, 2.45) is 0 Å². The summed E-state index contributed by atoms with van der Waals surface area (Å²) in [5.74, 6) is 1.28. The van der Waals surface area contributed by atoms with Gasteiger partial charge in [-0.15, -0.1) is 0 Å². The Balaban J connectivity index is 1.73. The molecular weight excluding hydrogens is 330 g/mol. The van der Waals surface area contributed by atoms with E-state index in [0.29, 0.717) is 16.7 Å². The van der Waals surface area contributed by atoms with E-state index >= 15 is 0 Å². The lowest BCUT2D eigenvalue weighted by molar-refractivity contribution is 1.07. The second-order valence-corrected chi connectivity index (χ2v) is 6.02. The molecule has 0 N–H and O–H groups in total. The van der Waals surface area contributed by atoms with Crippen LogP contribution in [0.4, 0.5) is 0 Å². The fourth-order valence-corrected chi connectivity index (χ4v) is 2.77. The third-order valence-electron chi connectivity index (χ3n) is 3.90. The molecule has 0 bridgehead atoms. The first-order chi connectivity index (χ1) is 12.3. The average Bonchev–Trinajstić information content (AvgIpc) is 2.69. The predicted octanol–water partition coefficient (Wildman–Crippen LogP) is 5.53. The molecule has 4 heteroatoms. The van der Waals surface area contributed by atoms with Gasteiger partial charge in [0.05, 0.1) is 0 Å². The topological polar surface area (TPSA) is 38.7 Å². The van der Waals surface area contributed by atoms with Gasteiger partial charge in [0.15, 0.2) is 11.6 Å². The molecule has 4 rings (SSSR count). The zero-order chi connectivity index (χ0) is 17.1. The number of hydrogen-bond acceptors (Lipinski definition) is 3. The third-order valence-corrected chi connectivity index (χ3v) is 4.15. The van der Waals surface area contributed by atoms with Crippen molar-refractivity contribution in [1.82, 2.24) is 15.0 Å². The molecule has 0 unspecified atom stereocenters. The molecule has 25 heavy (non-hydrogen) atoms. The molecule has 0 aliphatic heterocycles. The van der Waals surface area contributed by atoms with E-state index < -0.39 is 0 Å². The van der Waals surface area contributed by atoms with Crippen molar-refractivity contribution in [3.8, 4) is 33.9 Å². The summed E-state index contributed by atoms with van der Waals surface area (Å²) in [6, 6.07) is 25.9. The molecule has 0 aliphatic carbocycles.